The van der Waals surface area contributed by atoms with Crippen molar-refractivity contribution >= 4 is 103 Å². The fraction of sp³-hybridized carbons (Fsp3) is 0. The zero-order valence-electron chi connectivity index (χ0n) is 32.1. The molecule has 13 rings (SSSR count). The summed E-state index contributed by atoms with van der Waals surface area (Å²) >= 11 is 3.69. The van der Waals surface area contributed by atoms with Crippen LogP contribution >= 0.6 is 22.7 Å². The van der Waals surface area contributed by atoms with E-state index in [9.17, 15) is 0 Å². The van der Waals surface area contributed by atoms with Crippen molar-refractivity contribution in [2.75, 3.05) is 4.90 Å². The topological polar surface area (TPSA) is 21.7 Å². The van der Waals surface area contributed by atoms with E-state index >= 15 is 0 Å². The SMILES string of the molecule is c1ccc(N(c2ccccc2)c2cc3c4c(c2)Oc2cc(-c5ccc6c(c5)sc5ccccc56)ccc2B4c2ccc(-c4ccc5c(c4)sc4ccccc45)cc2O3)cc1. The molecule has 0 spiro atoms. The molecule has 0 unspecified atom stereocenters. The van der Waals surface area contributed by atoms with E-state index in [4.69, 9.17) is 9.47 Å². The van der Waals surface area contributed by atoms with Crippen LogP contribution in [0.15, 0.2) is 194 Å². The van der Waals surface area contributed by atoms with Crippen LogP contribution in [0, 0.1) is 0 Å². The van der Waals surface area contributed by atoms with Gasteiger partial charge in [-0.25, -0.2) is 0 Å². The maximum atomic E-state index is 7.06. The van der Waals surface area contributed by atoms with Crippen molar-refractivity contribution in [1.29, 1.82) is 0 Å². The van der Waals surface area contributed by atoms with Crippen LogP contribution in [0.4, 0.5) is 17.1 Å². The first-order valence-corrected chi connectivity index (χ1v) is 21.9. The summed E-state index contributed by atoms with van der Waals surface area (Å²) < 4.78 is 19.3. The molecule has 280 valence electrons. The molecule has 0 fully saturated rings. The van der Waals surface area contributed by atoms with Gasteiger partial charge in [0.05, 0.1) is 5.69 Å². The van der Waals surface area contributed by atoms with Gasteiger partial charge in [-0.15, -0.1) is 22.7 Å². The second-order valence-electron chi connectivity index (χ2n) is 15.6. The summed E-state index contributed by atoms with van der Waals surface area (Å²) in [6, 6.07) is 69.9. The predicted octanol–water partition coefficient (Wildman–Crippen LogP) is 14.0. The van der Waals surface area contributed by atoms with E-state index < -0.39 is 0 Å². The van der Waals surface area contributed by atoms with Crippen molar-refractivity contribution in [2.45, 2.75) is 0 Å². The van der Waals surface area contributed by atoms with Gasteiger partial charge in [0.15, 0.2) is 0 Å². The third kappa shape index (κ3) is 5.28. The summed E-state index contributed by atoms with van der Waals surface area (Å²) in [5.41, 5.74) is 11.0. The second kappa shape index (κ2) is 13.2. The highest BCUT2D eigenvalue weighted by Gasteiger charge is 2.41. The molecule has 11 aromatic rings. The van der Waals surface area contributed by atoms with Gasteiger partial charge >= 0.3 is 0 Å². The minimum Gasteiger partial charge on any atom is -0.458 e. The second-order valence-corrected chi connectivity index (χ2v) is 17.8. The molecule has 0 amide bonds. The van der Waals surface area contributed by atoms with Crippen LogP contribution in [0.25, 0.3) is 62.6 Å². The van der Waals surface area contributed by atoms with Crippen molar-refractivity contribution in [1.82, 2.24) is 0 Å². The number of hydrogen-bond donors (Lipinski definition) is 0. The van der Waals surface area contributed by atoms with Crippen LogP contribution < -0.4 is 30.8 Å². The summed E-state index contributed by atoms with van der Waals surface area (Å²) in [5.74, 6) is 3.34. The molecule has 0 N–H and O–H groups in total. The van der Waals surface area contributed by atoms with Crippen molar-refractivity contribution < 1.29 is 9.47 Å². The molecular formula is C54H32BNO2S2. The molecule has 0 saturated heterocycles. The Kier molecular flexibility index (Phi) is 7.44. The van der Waals surface area contributed by atoms with Crippen LogP contribution in [0.2, 0.25) is 0 Å². The number of fused-ring (bicyclic) bond motifs is 10. The molecule has 0 aliphatic carbocycles. The third-order valence-corrected chi connectivity index (χ3v) is 14.4. The van der Waals surface area contributed by atoms with E-state index in [1.165, 1.54) is 51.5 Å². The molecule has 3 nitrogen and oxygen atoms in total. The average molecular weight is 802 g/mol. The van der Waals surface area contributed by atoms with E-state index in [2.05, 4.69) is 199 Å². The normalized spacial score (nSPS) is 12.6. The summed E-state index contributed by atoms with van der Waals surface area (Å²) in [7, 11) is 0. The summed E-state index contributed by atoms with van der Waals surface area (Å²) in [5, 5.41) is 5.21. The first kappa shape index (κ1) is 33.8. The maximum absolute atomic E-state index is 7.06. The molecule has 0 saturated carbocycles. The molecule has 9 aromatic carbocycles. The average Bonchev–Trinajstić information content (AvgIpc) is 3.87. The molecule has 0 atom stereocenters. The van der Waals surface area contributed by atoms with Crippen molar-refractivity contribution in [2.24, 2.45) is 0 Å². The van der Waals surface area contributed by atoms with E-state index in [-0.39, 0.29) is 6.71 Å². The molecule has 6 heteroatoms. The quantitative estimate of drug-likeness (QED) is 0.162. The largest absolute Gasteiger partial charge is 0.458 e. The Morgan fingerprint density at radius 2 is 0.750 bits per heavy atom. The van der Waals surface area contributed by atoms with E-state index in [0.29, 0.717) is 0 Å². The van der Waals surface area contributed by atoms with Gasteiger partial charge in [-0.1, -0.05) is 121 Å². The Bertz CT molecular complexity index is 3290. The first-order valence-electron chi connectivity index (χ1n) is 20.3. The highest BCUT2D eigenvalue weighted by atomic mass is 32.1. The Balaban J connectivity index is 0.976. The first-order chi connectivity index (χ1) is 29.7. The van der Waals surface area contributed by atoms with Gasteiger partial charge in [0.1, 0.15) is 23.0 Å². The van der Waals surface area contributed by atoms with Crippen LogP contribution in [0.1, 0.15) is 0 Å². The number of benzene rings is 9. The lowest BCUT2D eigenvalue weighted by atomic mass is 9.34. The lowest BCUT2D eigenvalue weighted by Gasteiger charge is -2.35. The van der Waals surface area contributed by atoms with Gasteiger partial charge in [0.25, 0.3) is 6.71 Å². The summed E-state index contributed by atoms with van der Waals surface area (Å²) in [4.78, 5) is 2.27. The van der Waals surface area contributed by atoms with Crippen molar-refractivity contribution in [3.8, 4) is 45.3 Å². The monoisotopic (exact) mass is 801 g/mol. The number of thiophene rings is 2. The minimum absolute atomic E-state index is 0.0725. The van der Waals surface area contributed by atoms with Crippen molar-refractivity contribution in [3.05, 3.63) is 194 Å². The Hall–Kier alpha value is -7.12. The molecule has 0 bridgehead atoms. The van der Waals surface area contributed by atoms with E-state index in [1.54, 1.807) is 0 Å². The lowest BCUT2D eigenvalue weighted by Crippen LogP contribution is -2.57. The fourth-order valence-electron chi connectivity index (χ4n) is 9.38. The van der Waals surface area contributed by atoms with Crippen LogP contribution in [-0.4, -0.2) is 6.71 Å². The summed E-state index contributed by atoms with van der Waals surface area (Å²) in [6.07, 6.45) is 0. The maximum Gasteiger partial charge on any atom is 0.260 e. The van der Waals surface area contributed by atoms with Gasteiger partial charge in [-0.3, -0.25) is 0 Å². The highest BCUT2D eigenvalue weighted by Crippen LogP contribution is 2.45. The standard InChI is InChI=1S/C54H32BNO2S2/c1-3-11-37(12-4-1)56(38-13-5-2-6-14-38)39-31-48-54-49(32-39)58-47-28-34(36-20-24-43-41-16-8-10-18-51(41)60-53(43)30-36)22-26-45(47)55(54)44-25-21-33(27-46(44)57-48)35-19-23-42-40-15-7-9-17-50(40)59-52(42)29-35/h1-32H. The van der Waals surface area contributed by atoms with Crippen LogP contribution in [0.5, 0.6) is 23.0 Å². The molecular weight excluding hydrogens is 770 g/mol. The molecule has 2 aliphatic heterocycles. The highest BCUT2D eigenvalue weighted by molar-refractivity contribution is 7.26. The van der Waals surface area contributed by atoms with Gasteiger partial charge in [0.2, 0.25) is 0 Å². The van der Waals surface area contributed by atoms with Crippen LogP contribution in [-0.2, 0) is 0 Å². The number of ether oxygens (including phenoxy) is 2. The Labute approximate surface area is 355 Å². The molecule has 4 heterocycles. The number of rotatable bonds is 5. The zero-order chi connectivity index (χ0) is 39.3. The smallest absolute Gasteiger partial charge is 0.260 e. The van der Waals surface area contributed by atoms with Gasteiger partial charge < -0.3 is 14.4 Å². The van der Waals surface area contributed by atoms with E-state index in [0.717, 1.165) is 67.6 Å². The van der Waals surface area contributed by atoms with Gasteiger partial charge in [-0.05, 0) is 93.8 Å². The number of para-hydroxylation sites is 2. The number of anilines is 3. The molecule has 2 aliphatic rings. The molecule has 0 radical (unpaired) electrons. The Morgan fingerprint density at radius 3 is 1.25 bits per heavy atom. The number of hydrogen-bond acceptors (Lipinski definition) is 5. The molecule has 60 heavy (non-hydrogen) atoms. The van der Waals surface area contributed by atoms with Gasteiger partial charge in [-0.2, -0.15) is 0 Å². The molecule has 2 aromatic heterocycles. The van der Waals surface area contributed by atoms with Gasteiger partial charge in [0, 0.05) is 69.3 Å². The summed E-state index contributed by atoms with van der Waals surface area (Å²) in [6.45, 7) is -0.0725. The zero-order valence-corrected chi connectivity index (χ0v) is 33.8. The van der Waals surface area contributed by atoms with Crippen LogP contribution in [0.3, 0.4) is 0 Å². The minimum atomic E-state index is -0.0725. The van der Waals surface area contributed by atoms with Crippen molar-refractivity contribution in [3.63, 3.8) is 0 Å². The van der Waals surface area contributed by atoms with E-state index in [1.807, 2.05) is 22.7 Å². The lowest BCUT2D eigenvalue weighted by molar-refractivity contribution is 0.465. The fourth-order valence-corrected chi connectivity index (χ4v) is 11.7. The predicted molar refractivity (Wildman–Crippen MR) is 255 cm³/mol. The third-order valence-electron chi connectivity index (χ3n) is 12.2. The Morgan fingerprint density at radius 1 is 0.333 bits per heavy atom. The number of nitrogens with zero attached hydrogens (tertiary/aromatic N) is 1.